The maximum Gasteiger partial charge on any atom is 0.380 e. The van der Waals surface area contributed by atoms with Crippen molar-refractivity contribution in [1.82, 2.24) is 0 Å². The molecule has 0 spiro atoms. The predicted octanol–water partition coefficient (Wildman–Crippen LogP) is 5.12. The number of hydrogen-bond acceptors (Lipinski definition) is 4. The van der Waals surface area contributed by atoms with Gasteiger partial charge in [0, 0.05) is 17.0 Å². The van der Waals surface area contributed by atoms with Gasteiger partial charge in [0.05, 0.1) is 0 Å². The number of ketones is 1. The Balaban J connectivity index is 2.68. The molecule has 2 aromatic rings. The summed E-state index contributed by atoms with van der Waals surface area (Å²) in [5.74, 6) is -0.396. The van der Waals surface area contributed by atoms with Crippen molar-refractivity contribution in [3.8, 4) is 5.75 Å². The summed E-state index contributed by atoms with van der Waals surface area (Å²) in [6.07, 6.45) is 0. The van der Waals surface area contributed by atoms with E-state index in [1.807, 2.05) is 60.6 Å². The van der Waals surface area contributed by atoms with Gasteiger partial charge in [-0.25, -0.2) is 0 Å². The van der Waals surface area contributed by atoms with Gasteiger partial charge in [-0.2, -0.15) is 13.6 Å². The van der Waals surface area contributed by atoms with Crippen LogP contribution in [0, 0.1) is 13.8 Å². The molecule has 1 atom stereocenters. The van der Waals surface area contributed by atoms with Crippen LogP contribution in [0.2, 0.25) is 0 Å². The van der Waals surface area contributed by atoms with Crippen LogP contribution in [0.1, 0.15) is 90.5 Å². The number of Topliss-reactive ketones (excluding diaryl/α,β-unsaturated/α-hetero) is 1. The molecule has 0 saturated heterocycles. The maximum atomic E-state index is 13.5. The molecule has 0 saturated carbocycles. The van der Waals surface area contributed by atoms with Crippen molar-refractivity contribution in [3.05, 3.63) is 63.7 Å². The van der Waals surface area contributed by atoms with Gasteiger partial charge < -0.3 is 4.18 Å². The Morgan fingerprint density at radius 2 is 1.52 bits per heavy atom. The molecule has 0 amide bonds. The standard InChI is InChI=1S/C23H31NO4S/c1-13(2)18-10-11-20(21(14(3)4)23(18)28-29(24,26)27)22(25)17(7)19-9-8-15(5)12-16(19)6/h8-14,17H,1-7H3,(H2,24,26,27). The van der Waals surface area contributed by atoms with E-state index >= 15 is 0 Å². The van der Waals surface area contributed by atoms with Crippen molar-refractivity contribution in [1.29, 1.82) is 0 Å². The van der Waals surface area contributed by atoms with Crippen LogP contribution in [0.25, 0.3) is 0 Å². The van der Waals surface area contributed by atoms with E-state index in [4.69, 9.17) is 9.32 Å². The Hall–Kier alpha value is -2.18. The Morgan fingerprint density at radius 1 is 0.931 bits per heavy atom. The second kappa shape index (κ2) is 8.67. The summed E-state index contributed by atoms with van der Waals surface area (Å²) >= 11 is 0. The highest BCUT2D eigenvalue weighted by Gasteiger charge is 2.28. The Morgan fingerprint density at radius 3 is 2.00 bits per heavy atom. The molecule has 5 nitrogen and oxygen atoms in total. The summed E-state index contributed by atoms with van der Waals surface area (Å²) in [6.45, 7) is 13.6. The average molecular weight is 418 g/mol. The van der Waals surface area contributed by atoms with Gasteiger partial charge in [0.1, 0.15) is 0 Å². The van der Waals surface area contributed by atoms with E-state index in [0.717, 1.165) is 16.7 Å². The molecule has 0 aliphatic heterocycles. The SMILES string of the molecule is Cc1ccc(C(C)C(=O)c2ccc(C(C)C)c(OS(N)(=O)=O)c2C(C)C)c(C)c1. The first-order valence-electron chi connectivity index (χ1n) is 9.83. The fraction of sp³-hybridized carbons (Fsp3) is 0.435. The van der Waals surface area contributed by atoms with Crippen LogP contribution >= 0.6 is 0 Å². The molecular weight excluding hydrogens is 386 g/mol. The second-order valence-electron chi connectivity index (χ2n) is 8.28. The lowest BCUT2D eigenvalue weighted by Gasteiger charge is -2.23. The first-order valence-corrected chi connectivity index (χ1v) is 11.3. The first kappa shape index (κ1) is 23.1. The van der Waals surface area contributed by atoms with Gasteiger partial charge in [0.15, 0.2) is 11.5 Å². The summed E-state index contributed by atoms with van der Waals surface area (Å²) in [5, 5.41) is 5.18. The summed E-state index contributed by atoms with van der Waals surface area (Å²) in [4.78, 5) is 13.5. The third-order valence-electron chi connectivity index (χ3n) is 5.18. The summed E-state index contributed by atoms with van der Waals surface area (Å²) in [6, 6.07) is 9.57. The van der Waals surface area contributed by atoms with E-state index in [0.29, 0.717) is 16.7 Å². The molecule has 2 rings (SSSR count). The molecular formula is C23H31NO4S. The van der Waals surface area contributed by atoms with Crippen LogP contribution in [0.15, 0.2) is 30.3 Å². The normalized spacial score (nSPS) is 13.0. The molecule has 0 aromatic heterocycles. The molecule has 6 heteroatoms. The average Bonchev–Trinajstić information content (AvgIpc) is 2.58. The van der Waals surface area contributed by atoms with Gasteiger partial charge in [-0.3, -0.25) is 4.79 Å². The highest BCUT2D eigenvalue weighted by molar-refractivity contribution is 7.84. The van der Waals surface area contributed by atoms with Crippen LogP contribution in [0.4, 0.5) is 0 Å². The zero-order chi connectivity index (χ0) is 22.1. The summed E-state index contributed by atoms with van der Waals surface area (Å²) in [5.41, 5.74) is 4.90. The third-order valence-corrected chi connectivity index (χ3v) is 5.57. The third kappa shape index (κ3) is 5.25. The topological polar surface area (TPSA) is 86.5 Å². The zero-order valence-electron chi connectivity index (χ0n) is 18.2. The van der Waals surface area contributed by atoms with Crippen molar-refractivity contribution < 1.29 is 17.4 Å². The predicted molar refractivity (Wildman–Crippen MR) is 117 cm³/mol. The van der Waals surface area contributed by atoms with Crippen LogP contribution in [-0.2, 0) is 10.3 Å². The first-order chi connectivity index (χ1) is 13.3. The number of carbonyl (C=O) groups excluding carboxylic acids is 1. The number of aryl methyl sites for hydroxylation is 2. The van der Waals surface area contributed by atoms with Crippen LogP contribution in [0.5, 0.6) is 5.75 Å². The van der Waals surface area contributed by atoms with Gasteiger partial charge in [-0.1, -0.05) is 70.5 Å². The highest BCUT2D eigenvalue weighted by Crippen LogP contribution is 2.39. The molecule has 2 aromatic carbocycles. The lowest BCUT2D eigenvalue weighted by molar-refractivity contribution is 0.0964. The Kier molecular flexibility index (Phi) is 6.91. The quantitative estimate of drug-likeness (QED) is 0.634. The number of carbonyl (C=O) groups is 1. The van der Waals surface area contributed by atoms with E-state index in [1.165, 1.54) is 0 Å². The van der Waals surface area contributed by atoms with E-state index < -0.39 is 10.3 Å². The Labute approximate surface area is 174 Å². The lowest BCUT2D eigenvalue weighted by Crippen LogP contribution is -2.22. The van der Waals surface area contributed by atoms with Crippen molar-refractivity contribution in [2.75, 3.05) is 0 Å². The Bertz CT molecular complexity index is 1020. The summed E-state index contributed by atoms with van der Waals surface area (Å²) < 4.78 is 28.7. The van der Waals surface area contributed by atoms with E-state index in [9.17, 15) is 13.2 Å². The van der Waals surface area contributed by atoms with Gasteiger partial charge in [0.25, 0.3) is 0 Å². The van der Waals surface area contributed by atoms with E-state index in [-0.39, 0.29) is 29.3 Å². The largest absolute Gasteiger partial charge is 0.380 e. The van der Waals surface area contributed by atoms with Crippen molar-refractivity contribution in [3.63, 3.8) is 0 Å². The van der Waals surface area contributed by atoms with Crippen molar-refractivity contribution in [2.45, 2.75) is 66.2 Å². The zero-order valence-corrected chi connectivity index (χ0v) is 19.1. The molecule has 0 aliphatic rings. The van der Waals surface area contributed by atoms with E-state index in [2.05, 4.69) is 6.07 Å². The van der Waals surface area contributed by atoms with Gasteiger partial charge >= 0.3 is 10.3 Å². The van der Waals surface area contributed by atoms with Gasteiger partial charge in [-0.15, -0.1) is 0 Å². The molecule has 0 radical (unpaired) electrons. The molecule has 29 heavy (non-hydrogen) atoms. The lowest BCUT2D eigenvalue weighted by atomic mass is 9.83. The number of benzene rings is 2. The van der Waals surface area contributed by atoms with Crippen molar-refractivity contribution in [2.24, 2.45) is 5.14 Å². The monoisotopic (exact) mass is 417 g/mol. The minimum absolute atomic E-state index is 0.00479. The molecule has 158 valence electrons. The molecule has 1 unspecified atom stereocenters. The summed E-state index contributed by atoms with van der Waals surface area (Å²) in [7, 11) is -4.23. The fourth-order valence-electron chi connectivity index (χ4n) is 3.75. The van der Waals surface area contributed by atoms with Gasteiger partial charge in [-0.05, 0) is 42.4 Å². The van der Waals surface area contributed by atoms with Crippen molar-refractivity contribution >= 4 is 16.1 Å². The molecule has 0 bridgehead atoms. The van der Waals surface area contributed by atoms with Crippen LogP contribution in [-0.4, -0.2) is 14.2 Å². The molecule has 0 aliphatic carbocycles. The smallest absolute Gasteiger partial charge is 0.370 e. The number of nitrogens with two attached hydrogens (primary N) is 1. The highest BCUT2D eigenvalue weighted by atomic mass is 32.2. The van der Waals surface area contributed by atoms with Crippen LogP contribution in [0.3, 0.4) is 0 Å². The van der Waals surface area contributed by atoms with Crippen LogP contribution < -0.4 is 9.32 Å². The second-order valence-corrected chi connectivity index (χ2v) is 9.43. The van der Waals surface area contributed by atoms with Gasteiger partial charge in [0.2, 0.25) is 0 Å². The maximum absolute atomic E-state index is 13.5. The van der Waals surface area contributed by atoms with E-state index in [1.54, 1.807) is 12.1 Å². The fourth-order valence-corrected chi connectivity index (χ4v) is 4.17. The molecule has 0 fully saturated rings. The minimum atomic E-state index is -4.23. The molecule has 2 N–H and O–H groups in total. The molecule has 0 heterocycles. The number of hydrogen-bond donors (Lipinski definition) is 1. The minimum Gasteiger partial charge on any atom is -0.370 e. The number of rotatable bonds is 7.